The number of aromatic nitrogens is 1. The van der Waals surface area contributed by atoms with E-state index in [4.69, 9.17) is 5.11 Å². The highest BCUT2D eigenvalue weighted by molar-refractivity contribution is 5.80. The van der Waals surface area contributed by atoms with E-state index in [9.17, 15) is 14.7 Å². The van der Waals surface area contributed by atoms with Crippen molar-refractivity contribution in [3.05, 3.63) is 39.2 Å². The fourth-order valence-electron chi connectivity index (χ4n) is 1.51. The predicted molar refractivity (Wildman–Crippen MR) is 64.7 cm³/mol. The molecule has 0 radical (unpaired) electrons. The maximum Gasteiger partial charge on any atom is 0.419 e. The summed E-state index contributed by atoms with van der Waals surface area (Å²) in [7, 11) is 0. The van der Waals surface area contributed by atoms with Crippen LogP contribution in [-0.4, -0.2) is 34.5 Å². The summed E-state index contributed by atoms with van der Waals surface area (Å²) in [5.74, 6) is -0.802. The minimum atomic E-state index is -0.882. The van der Waals surface area contributed by atoms with Crippen LogP contribution in [0.1, 0.15) is 0 Å². The summed E-state index contributed by atoms with van der Waals surface area (Å²) in [5.41, 5.74) is 0.235. The van der Waals surface area contributed by atoms with E-state index in [1.807, 2.05) is 0 Å². The molecule has 96 valence electrons. The van der Waals surface area contributed by atoms with Crippen LogP contribution in [0.2, 0.25) is 0 Å². The van der Waals surface area contributed by atoms with Gasteiger partial charge in [-0.2, -0.15) is 0 Å². The Morgan fingerprint density at radius 3 is 2.89 bits per heavy atom. The van der Waals surface area contributed by atoms with Gasteiger partial charge < -0.3 is 19.9 Å². The summed E-state index contributed by atoms with van der Waals surface area (Å²) in [6.45, 7) is -0.202. The Morgan fingerprint density at radius 1 is 1.39 bits per heavy atom. The van der Waals surface area contributed by atoms with Gasteiger partial charge in [-0.3, -0.25) is 4.98 Å². The molecule has 2 rings (SSSR count). The summed E-state index contributed by atoms with van der Waals surface area (Å²) in [4.78, 5) is 24.8. The van der Waals surface area contributed by atoms with Gasteiger partial charge in [0.05, 0.1) is 23.6 Å². The number of hydrogen-bond donors (Lipinski definition) is 4. The first-order valence-corrected chi connectivity index (χ1v) is 5.30. The minimum Gasteiger partial charge on any atom is -0.394 e. The number of aliphatic hydroxyl groups excluding tert-OH is 2. The number of nitrogens with one attached hydrogen (secondary N) is 2. The zero-order valence-corrected chi connectivity index (χ0v) is 9.34. The second kappa shape index (κ2) is 5.03. The van der Waals surface area contributed by atoms with Crippen molar-refractivity contribution in [2.75, 3.05) is 18.5 Å². The third-order valence-corrected chi connectivity index (χ3v) is 2.41. The average Bonchev–Trinajstić information content (AvgIpc) is 2.36. The van der Waals surface area contributed by atoms with Crippen molar-refractivity contribution < 1.29 is 14.6 Å². The fraction of sp³-hybridized carbons (Fsp3) is 0.273. The molecule has 0 bridgehead atoms. The van der Waals surface area contributed by atoms with Crippen molar-refractivity contribution in [1.82, 2.24) is 4.98 Å². The maximum atomic E-state index is 11.4. The van der Waals surface area contributed by atoms with E-state index in [0.717, 1.165) is 0 Å². The molecule has 0 aliphatic heterocycles. The lowest BCUT2D eigenvalue weighted by molar-refractivity contribution is 0.105. The fourth-order valence-corrected chi connectivity index (χ4v) is 1.51. The Hall–Kier alpha value is -2.12. The molecule has 1 heterocycles. The highest BCUT2D eigenvalue weighted by atomic mass is 16.4. The Bertz CT molecular complexity index is 660. The van der Waals surface area contributed by atoms with Crippen LogP contribution in [0, 0.1) is 0 Å². The molecular weight excluding hydrogens is 240 g/mol. The van der Waals surface area contributed by atoms with Crippen molar-refractivity contribution in [2.24, 2.45) is 0 Å². The smallest absolute Gasteiger partial charge is 0.394 e. The highest BCUT2D eigenvalue weighted by Gasteiger charge is 2.05. The van der Waals surface area contributed by atoms with Gasteiger partial charge in [0.15, 0.2) is 0 Å². The van der Waals surface area contributed by atoms with E-state index in [1.54, 1.807) is 12.1 Å². The van der Waals surface area contributed by atoms with Gasteiger partial charge in [0.1, 0.15) is 0 Å². The SMILES string of the molecule is O=c1[nH]c2ccc(NCC(O)CO)cc2c(=O)o1. The van der Waals surface area contributed by atoms with Gasteiger partial charge in [-0.1, -0.05) is 0 Å². The number of aromatic amines is 1. The Labute approximate surface area is 101 Å². The summed E-state index contributed by atoms with van der Waals surface area (Å²) in [6, 6.07) is 4.70. The van der Waals surface area contributed by atoms with Crippen LogP contribution in [0.5, 0.6) is 0 Å². The molecule has 0 saturated heterocycles. The highest BCUT2D eigenvalue weighted by Crippen LogP contribution is 2.13. The lowest BCUT2D eigenvalue weighted by Gasteiger charge is -2.10. The van der Waals surface area contributed by atoms with Crippen LogP contribution in [0.3, 0.4) is 0 Å². The molecule has 0 saturated carbocycles. The third-order valence-electron chi connectivity index (χ3n) is 2.41. The average molecular weight is 252 g/mol. The topological polar surface area (TPSA) is 116 Å². The standard InChI is InChI=1S/C11H12N2O5/c14-5-7(15)4-12-6-1-2-9-8(3-6)10(16)18-11(17)13-9/h1-3,7,12,14-15H,4-5H2,(H,13,17). The molecule has 1 unspecified atom stereocenters. The van der Waals surface area contributed by atoms with E-state index < -0.39 is 17.5 Å². The lowest BCUT2D eigenvalue weighted by Crippen LogP contribution is -2.23. The molecule has 0 amide bonds. The van der Waals surface area contributed by atoms with E-state index in [0.29, 0.717) is 11.2 Å². The number of hydrogen-bond acceptors (Lipinski definition) is 6. The van der Waals surface area contributed by atoms with Crippen LogP contribution in [-0.2, 0) is 0 Å². The van der Waals surface area contributed by atoms with Gasteiger partial charge in [-0.25, -0.2) is 9.59 Å². The Balaban J connectivity index is 2.33. The van der Waals surface area contributed by atoms with Crippen LogP contribution in [0.4, 0.5) is 5.69 Å². The monoisotopic (exact) mass is 252 g/mol. The summed E-state index contributed by atoms with van der Waals surface area (Å²) in [6.07, 6.45) is -0.882. The second-order valence-electron chi connectivity index (χ2n) is 3.78. The van der Waals surface area contributed by atoms with Gasteiger partial charge in [0.2, 0.25) is 0 Å². The number of rotatable bonds is 4. The molecule has 0 fully saturated rings. The second-order valence-corrected chi connectivity index (χ2v) is 3.78. The molecule has 7 nitrogen and oxygen atoms in total. The number of aliphatic hydroxyl groups is 2. The minimum absolute atomic E-state index is 0.149. The number of anilines is 1. The predicted octanol–water partition coefficient (Wildman–Crippen LogP) is -0.754. The zero-order chi connectivity index (χ0) is 13.1. The van der Waals surface area contributed by atoms with E-state index in [-0.39, 0.29) is 18.5 Å². The summed E-state index contributed by atoms with van der Waals surface area (Å²) >= 11 is 0. The summed E-state index contributed by atoms with van der Waals surface area (Å²) < 4.78 is 4.41. The van der Waals surface area contributed by atoms with Gasteiger partial charge >= 0.3 is 11.4 Å². The molecule has 0 spiro atoms. The van der Waals surface area contributed by atoms with E-state index >= 15 is 0 Å². The van der Waals surface area contributed by atoms with Gasteiger partial charge in [-0.15, -0.1) is 0 Å². The van der Waals surface area contributed by atoms with Crippen molar-refractivity contribution in [1.29, 1.82) is 0 Å². The van der Waals surface area contributed by atoms with Crippen molar-refractivity contribution in [3.63, 3.8) is 0 Å². The van der Waals surface area contributed by atoms with Gasteiger partial charge in [-0.05, 0) is 18.2 Å². The lowest BCUT2D eigenvalue weighted by atomic mass is 10.2. The van der Waals surface area contributed by atoms with Gasteiger partial charge in [0, 0.05) is 12.2 Å². The number of H-pyrrole nitrogens is 1. The molecule has 1 aromatic carbocycles. The van der Waals surface area contributed by atoms with Crippen LogP contribution < -0.4 is 16.7 Å². The molecule has 1 atom stereocenters. The quantitative estimate of drug-likeness (QED) is 0.569. The number of fused-ring (bicyclic) bond motifs is 1. The molecular formula is C11H12N2O5. The Morgan fingerprint density at radius 2 is 2.17 bits per heavy atom. The normalized spacial score (nSPS) is 12.6. The van der Waals surface area contributed by atoms with Gasteiger partial charge in [0.25, 0.3) is 0 Å². The molecule has 2 aromatic rings. The molecule has 7 heteroatoms. The van der Waals surface area contributed by atoms with Crippen LogP contribution in [0.15, 0.2) is 32.2 Å². The maximum absolute atomic E-state index is 11.4. The van der Waals surface area contributed by atoms with Crippen LogP contribution >= 0.6 is 0 Å². The zero-order valence-electron chi connectivity index (χ0n) is 9.34. The molecule has 0 aliphatic carbocycles. The first kappa shape index (κ1) is 12.3. The number of benzene rings is 1. The van der Waals surface area contributed by atoms with Crippen molar-refractivity contribution in [3.8, 4) is 0 Å². The third kappa shape index (κ3) is 2.58. The van der Waals surface area contributed by atoms with Crippen molar-refractivity contribution >= 4 is 16.6 Å². The molecule has 1 aromatic heterocycles. The molecule has 4 N–H and O–H groups in total. The van der Waals surface area contributed by atoms with E-state index in [2.05, 4.69) is 14.7 Å². The Kier molecular flexibility index (Phi) is 3.45. The first-order valence-electron chi connectivity index (χ1n) is 5.30. The van der Waals surface area contributed by atoms with Crippen molar-refractivity contribution in [2.45, 2.75) is 6.10 Å². The van der Waals surface area contributed by atoms with E-state index in [1.165, 1.54) is 6.07 Å². The molecule has 0 aliphatic rings. The molecule has 18 heavy (non-hydrogen) atoms. The largest absolute Gasteiger partial charge is 0.419 e. The first-order chi connectivity index (χ1) is 8.60. The van der Waals surface area contributed by atoms with Crippen LogP contribution in [0.25, 0.3) is 10.9 Å². The summed E-state index contributed by atoms with van der Waals surface area (Å²) in [5, 5.41) is 20.9.